The van der Waals surface area contributed by atoms with Crippen LogP contribution in [0.5, 0.6) is 0 Å². The molecular formula is C6H7F3O4. The van der Waals surface area contributed by atoms with Crippen molar-refractivity contribution >= 4 is 5.97 Å². The molecule has 76 valence electrons. The first-order valence-electron chi connectivity index (χ1n) is 3.41. The third-order valence-corrected chi connectivity index (χ3v) is 1.74. The van der Waals surface area contributed by atoms with Gasteiger partial charge in [-0.05, 0) is 0 Å². The number of esters is 1. The minimum Gasteiger partial charge on any atom is -0.436 e. The molecule has 0 aromatic rings. The van der Waals surface area contributed by atoms with Gasteiger partial charge in [0.25, 0.3) is 0 Å². The van der Waals surface area contributed by atoms with Crippen molar-refractivity contribution in [2.24, 2.45) is 0 Å². The number of alkyl halides is 3. The first-order chi connectivity index (χ1) is 5.74. The van der Waals surface area contributed by atoms with Crippen molar-refractivity contribution in [3.05, 3.63) is 0 Å². The van der Waals surface area contributed by atoms with E-state index in [2.05, 4.69) is 4.74 Å². The molecule has 0 amide bonds. The second-order valence-corrected chi connectivity index (χ2v) is 2.85. The molecule has 4 nitrogen and oxygen atoms in total. The molecule has 1 saturated heterocycles. The number of cyclic esters (lactones) is 1. The highest BCUT2D eigenvalue weighted by atomic mass is 19.4. The van der Waals surface area contributed by atoms with Crippen molar-refractivity contribution in [2.75, 3.05) is 0 Å². The molecule has 1 aliphatic rings. The van der Waals surface area contributed by atoms with Crippen LogP contribution < -0.4 is 0 Å². The number of hydrogen-bond donors (Lipinski definition) is 2. The van der Waals surface area contributed by atoms with Gasteiger partial charge in [-0.1, -0.05) is 0 Å². The third kappa shape index (κ3) is 1.92. The molecule has 1 heterocycles. The minimum atomic E-state index is -4.94. The van der Waals surface area contributed by atoms with Crippen molar-refractivity contribution < 1.29 is 32.9 Å². The number of carbonyl (C=O) groups excluding carboxylic acids is 1. The Morgan fingerprint density at radius 3 is 2.46 bits per heavy atom. The van der Waals surface area contributed by atoms with Crippen LogP contribution in [0.3, 0.4) is 0 Å². The molecule has 2 atom stereocenters. The lowest BCUT2D eigenvalue weighted by molar-refractivity contribution is -0.295. The van der Waals surface area contributed by atoms with Crippen LogP contribution in [0.15, 0.2) is 0 Å². The van der Waals surface area contributed by atoms with Crippen molar-refractivity contribution in [1.82, 2.24) is 0 Å². The molecule has 0 unspecified atom stereocenters. The normalized spacial score (nSPS) is 35.8. The smallest absolute Gasteiger partial charge is 0.418 e. The summed E-state index contributed by atoms with van der Waals surface area (Å²) in [7, 11) is 0. The van der Waals surface area contributed by atoms with Crippen molar-refractivity contribution in [3.63, 3.8) is 0 Å². The van der Waals surface area contributed by atoms with Gasteiger partial charge in [-0.2, -0.15) is 13.2 Å². The largest absolute Gasteiger partial charge is 0.436 e. The van der Waals surface area contributed by atoms with E-state index in [4.69, 9.17) is 10.2 Å². The maximum Gasteiger partial charge on any atom is 0.418 e. The van der Waals surface area contributed by atoms with Crippen molar-refractivity contribution in [2.45, 2.75) is 30.9 Å². The quantitative estimate of drug-likeness (QED) is 0.537. The van der Waals surface area contributed by atoms with Gasteiger partial charge in [-0.15, -0.1) is 0 Å². The van der Waals surface area contributed by atoms with Gasteiger partial charge in [0.15, 0.2) is 5.60 Å². The summed E-state index contributed by atoms with van der Waals surface area (Å²) in [5, 5.41) is 17.6. The summed E-state index contributed by atoms with van der Waals surface area (Å²) in [5.41, 5.74) is -3.16. The fourth-order valence-electron chi connectivity index (χ4n) is 1.05. The van der Waals surface area contributed by atoms with Gasteiger partial charge < -0.3 is 14.9 Å². The highest BCUT2D eigenvalue weighted by Crippen LogP contribution is 2.39. The van der Waals surface area contributed by atoms with Crippen molar-refractivity contribution in [1.29, 1.82) is 0 Å². The van der Waals surface area contributed by atoms with Gasteiger partial charge in [0.1, 0.15) is 0 Å². The lowest BCUT2D eigenvalue weighted by Gasteiger charge is -2.34. The Hall–Kier alpha value is -0.820. The van der Waals surface area contributed by atoms with Crippen LogP contribution in [0.2, 0.25) is 0 Å². The third-order valence-electron chi connectivity index (χ3n) is 1.74. The Morgan fingerprint density at radius 2 is 2.08 bits per heavy atom. The molecule has 13 heavy (non-hydrogen) atoms. The highest BCUT2D eigenvalue weighted by Gasteiger charge is 2.58. The zero-order chi connectivity index (χ0) is 10.3. The molecule has 0 radical (unpaired) electrons. The molecule has 2 N–H and O–H groups in total. The van der Waals surface area contributed by atoms with Crippen LogP contribution in [0, 0.1) is 0 Å². The standard InChI is InChI=1S/C6H7F3O4/c7-6(8,9)5(12)1-3(10)13-4(11)2-5/h3,10,12H,1-2H2/t3-,5+/m1/s1. The average molecular weight is 200 g/mol. The summed E-state index contributed by atoms with van der Waals surface area (Å²) >= 11 is 0. The highest BCUT2D eigenvalue weighted by molar-refractivity contribution is 5.71. The average Bonchev–Trinajstić information content (AvgIpc) is 1.79. The zero-order valence-electron chi connectivity index (χ0n) is 6.34. The van der Waals surface area contributed by atoms with Crippen LogP contribution in [0.1, 0.15) is 12.8 Å². The molecule has 1 rings (SSSR count). The SMILES string of the molecule is O=C1C[C@](O)(C(F)(F)F)C[C@H](O)O1. The van der Waals surface area contributed by atoms with E-state index in [1.54, 1.807) is 0 Å². The fraction of sp³-hybridized carbons (Fsp3) is 0.833. The minimum absolute atomic E-state index is 1.04. The number of carbonyl (C=O) groups is 1. The van der Waals surface area contributed by atoms with Gasteiger partial charge in [0.05, 0.1) is 6.42 Å². The van der Waals surface area contributed by atoms with E-state index in [1.165, 1.54) is 0 Å². The van der Waals surface area contributed by atoms with Crippen molar-refractivity contribution in [3.8, 4) is 0 Å². The van der Waals surface area contributed by atoms with Gasteiger partial charge in [-0.25, -0.2) is 0 Å². The number of aliphatic hydroxyl groups is 2. The topological polar surface area (TPSA) is 66.8 Å². The Balaban J connectivity index is 2.84. The fourth-order valence-corrected chi connectivity index (χ4v) is 1.05. The van der Waals surface area contributed by atoms with E-state index >= 15 is 0 Å². The maximum absolute atomic E-state index is 12.1. The molecular weight excluding hydrogens is 193 g/mol. The monoisotopic (exact) mass is 200 g/mol. The first kappa shape index (κ1) is 10.3. The zero-order valence-corrected chi connectivity index (χ0v) is 6.34. The Kier molecular flexibility index (Phi) is 2.25. The lowest BCUT2D eigenvalue weighted by Crippen LogP contribution is -2.53. The summed E-state index contributed by atoms with van der Waals surface area (Å²) in [4.78, 5) is 10.5. The van der Waals surface area contributed by atoms with Gasteiger partial charge >= 0.3 is 12.1 Å². The van der Waals surface area contributed by atoms with E-state index in [0.717, 1.165) is 0 Å². The van der Waals surface area contributed by atoms with Gasteiger partial charge in [0, 0.05) is 6.42 Å². The molecule has 7 heteroatoms. The predicted molar refractivity (Wildman–Crippen MR) is 32.3 cm³/mol. The number of rotatable bonds is 0. The van der Waals surface area contributed by atoms with Gasteiger partial charge in [0.2, 0.25) is 6.29 Å². The van der Waals surface area contributed by atoms with E-state index in [0.29, 0.717) is 0 Å². The summed E-state index contributed by atoms with van der Waals surface area (Å²) < 4.78 is 40.3. The Labute approximate surface area is 70.9 Å². The number of hydrogen-bond acceptors (Lipinski definition) is 4. The van der Waals surface area contributed by atoms with Crippen LogP contribution in [0.4, 0.5) is 13.2 Å². The summed E-state index contributed by atoms with van der Waals surface area (Å²) in [6, 6.07) is 0. The van der Waals surface area contributed by atoms with E-state index in [9.17, 15) is 18.0 Å². The summed E-state index contributed by atoms with van der Waals surface area (Å²) in [6.07, 6.45) is -9.05. The summed E-state index contributed by atoms with van der Waals surface area (Å²) in [6.45, 7) is 0. The number of aliphatic hydroxyl groups excluding tert-OH is 1. The van der Waals surface area contributed by atoms with Crippen LogP contribution in [-0.2, 0) is 9.53 Å². The molecule has 0 spiro atoms. The van der Waals surface area contributed by atoms with Crippen LogP contribution in [0.25, 0.3) is 0 Å². The maximum atomic E-state index is 12.1. The number of ether oxygens (including phenoxy) is 1. The molecule has 0 aliphatic carbocycles. The number of halogens is 3. The van der Waals surface area contributed by atoms with Gasteiger partial charge in [-0.3, -0.25) is 4.79 Å². The van der Waals surface area contributed by atoms with E-state index in [-0.39, 0.29) is 0 Å². The second-order valence-electron chi connectivity index (χ2n) is 2.85. The first-order valence-corrected chi connectivity index (χ1v) is 3.41. The molecule has 0 aromatic carbocycles. The van der Waals surface area contributed by atoms with Crippen LogP contribution >= 0.6 is 0 Å². The molecule has 1 fully saturated rings. The van der Waals surface area contributed by atoms with Crippen LogP contribution in [-0.4, -0.2) is 34.2 Å². The molecule has 0 bridgehead atoms. The second kappa shape index (κ2) is 2.85. The van der Waals surface area contributed by atoms with E-state index < -0.39 is 36.9 Å². The van der Waals surface area contributed by atoms with E-state index in [1.807, 2.05) is 0 Å². The Bertz CT molecular complexity index is 226. The molecule has 1 aliphatic heterocycles. The lowest BCUT2D eigenvalue weighted by atomic mass is 9.92. The molecule has 0 saturated carbocycles. The Morgan fingerprint density at radius 1 is 1.54 bits per heavy atom. The molecule has 0 aromatic heterocycles. The predicted octanol–water partition coefficient (Wildman–Crippen LogP) is -0.0648. The summed E-state index contributed by atoms with van der Waals surface area (Å²) in [5.74, 6) is -1.27.